The van der Waals surface area contributed by atoms with Crippen LogP contribution in [0.1, 0.15) is 0 Å². The molecule has 2 aromatic heterocycles. The third kappa shape index (κ3) is 3.24. The number of rotatable bonds is 5. The molecule has 0 aliphatic heterocycles. The zero-order valence-corrected chi connectivity index (χ0v) is 15.3. The molecule has 0 unspecified atom stereocenters. The second-order valence-corrected chi connectivity index (χ2v) is 6.08. The fourth-order valence-corrected chi connectivity index (χ4v) is 2.92. The maximum atomic E-state index is 6.04. The highest BCUT2D eigenvalue weighted by atomic mass is 35.5. The van der Waals surface area contributed by atoms with E-state index in [1.807, 2.05) is 42.5 Å². The molecule has 0 radical (unpaired) electrons. The van der Waals surface area contributed by atoms with E-state index in [2.05, 4.69) is 20.3 Å². The Balaban J connectivity index is 1.68. The third-order valence-corrected chi connectivity index (χ3v) is 4.23. The monoisotopic (exact) mass is 382 g/mol. The van der Waals surface area contributed by atoms with E-state index in [1.165, 1.54) is 0 Å². The lowest BCUT2D eigenvalue weighted by atomic mass is 10.1. The van der Waals surface area contributed by atoms with Crippen LogP contribution in [-0.2, 0) is 0 Å². The standard InChI is InChI=1S/C19H15ClN4O3/c1-25-16-8-4-7-13(17(16)26-2)18-21-19(27-24-18)15-10-14(22-23-15)11-5-3-6-12(20)9-11/h3-10H,1-2H3,(H,22,23). The minimum absolute atomic E-state index is 0.315. The zero-order valence-electron chi connectivity index (χ0n) is 14.6. The van der Waals surface area contributed by atoms with Crippen molar-refractivity contribution in [2.75, 3.05) is 14.2 Å². The number of methoxy groups -OCH3 is 2. The van der Waals surface area contributed by atoms with Crippen LogP contribution in [0.15, 0.2) is 53.1 Å². The number of H-pyrrole nitrogens is 1. The van der Waals surface area contributed by atoms with E-state index >= 15 is 0 Å². The van der Waals surface area contributed by atoms with E-state index in [4.69, 9.17) is 25.6 Å². The molecule has 0 spiro atoms. The normalized spacial score (nSPS) is 10.8. The van der Waals surface area contributed by atoms with Gasteiger partial charge in [-0.1, -0.05) is 35.0 Å². The molecule has 4 rings (SSSR count). The summed E-state index contributed by atoms with van der Waals surface area (Å²) in [7, 11) is 3.14. The minimum Gasteiger partial charge on any atom is -0.493 e. The van der Waals surface area contributed by atoms with Crippen LogP contribution in [0.5, 0.6) is 11.5 Å². The average molecular weight is 383 g/mol. The number of nitrogens with zero attached hydrogens (tertiary/aromatic N) is 3. The van der Waals surface area contributed by atoms with Crippen molar-refractivity contribution in [1.82, 2.24) is 20.3 Å². The van der Waals surface area contributed by atoms with Crippen molar-refractivity contribution in [1.29, 1.82) is 0 Å². The first kappa shape index (κ1) is 17.1. The van der Waals surface area contributed by atoms with E-state index < -0.39 is 0 Å². The van der Waals surface area contributed by atoms with Gasteiger partial charge in [0, 0.05) is 10.6 Å². The van der Waals surface area contributed by atoms with Crippen molar-refractivity contribution in [3.63, 3.8) is 0 Å². The maximum Gasteiger partial charge on any atom is 0.276 e. The van der Waals surface area contributed by atoms with Gasteiger partial charge in [0.1, 0.15) is 5.69 Å². The summed E-state index contributed by atoms with van der Waals surface area (Å²) in [4.78, 5) is 4.45. The zero-order chi connectivity index (χ0) is 18.8. The van der Waals surface area contributed by atoms with Gasteiger partial charge >= 0.3 is 0 Å². The number of nitrogens with one attached hydrogen (secondary N) is 1. The molecular formula is C19H15ClN4O3. The Morgan fingerprint density at radius 2 is 1.89 bits per heavy atom. The fourth-order valence-electron chi connectivity index (χ4n) is 2.73. The smallest absolute Gasteiger partial charge is 0.276 e. The van der Waals surface area contributed by atoms with E-state index in [0.717, 1.165) is 11.3 Å². The molecule has 0 saturated heterocycles. The average Bonchev–Trinajstić information content (AvgIpc) is 3.36. The fraction of sp³-hybridized carbons (Fsp3) is 0.105. The van der Waals surface area contributed by atoms with Gasteiger partial charge in [0.05, 0.1) is 25.5 Å². The van der Waals surface area contributed by atoms with Gasteiger partial charge in [-0.15, -0.1) is 0 Å². The van der Waals surface area contributed by atoms with Crippen LogP contribution in [0.4, 0.5) is 0 Å². The summed E-state index contributed by atoms with van der Waals surface area (Å²) in [6.45, 7) is 0. The van der Waals surface area contributed by atoms with E-state index in [1.54, 1.807) is 20.3 Å². The van der Waals surface area contributed by atoms with Crippen LogP contribution in [0.2, 0.25) is 5.02 Å². The Kier molecular flexibility index (Phi) is 4.52. The molecule has 0 aliphatic carbocycles. The summed E-state index contributed by atoms with van der Waals surface area (Å²) in [6.07, 6.45) is 0. The lowest BCUT2D eigenvalue weighted by molar-refractivity contribution is 0.355. The number of hydrogen-bond donors (Lipinski definition) is 1. The molecule has 7 nitrogen and oxygen atoms in total. The van der Waals surface area contributed by atoms with Crippen LogP contribution in [0, 0.1) is 0 Å². The van der Waals surface area contributed by atoms with Gasteiger partial charge in [-0.05, 0) is 30.3 Å². The van der Waals surface area contributed by atoms with Gasteiger partial charge in [-0.25, -0.2) is 0 Å². The highest BCUT2D eigenvalue weighted by molar-refractivity contribution is 6.30. The Morgan fingerprint density at radius 1 is 1.04 bits per heavy atom. The van der Waals surface area contributed by atoms with Crippen molar-refractivity contribution < 1.29 is 14.0 Å². The van der Waals surface area contributed by atoms with Gasteiger partial charge in [0.2, 0.25) is 5.82 Å². The molecule has 0 fully saturated rings. The molecular weight excluding hydrogens is 368 g/mol. The van der Waals surface area contributed by atoms with Gasteiger partial charge < -0.3 is 14.0 Å². The molecule has 4 aromatic rings. The Bertz CT molecular complexity index is 1090. The first-order chi connectivity index (χ1) is 13.2. The number of benzene rings is 2. The Hall–Kier alpha value is -3.32. The quantitative estimate of drug-likeness (QED) is 0.548. The summed E-state index contributed by atoms with van der Waals surface area (Å²) in [5.41, 5.74) is 2.89. The molecule has 0 bridgehead atoms. The predicted octanol–water partition coefficient (Wildman–Crippen LogP) is 4.46. The molecule has 0 amide bonds. The number of para-hydroxylation sites is 1. The molecule has 2 aromatic carbocycles. The summed E-state index contributed by atoms with van der Waals surface area (Å²) in [5, 5.41) is 11.9. The highest BCUT2D eigenvalue weighted by Gasteiger charge is 2.18. The van der Waals surface area contributed by atoms with Gasteiger partial charge in [-0.3, -0.25) is 5.10 Å². The first-order valence-corrected chi connectivity index (χ1v) is 8.44. The van der Waals surface area contributed by atoms with Crippen molar-refractivity contribution in [3.8, 4) is 45.7 Å². The largest absolute Gasteiger partial charge is 0.493 e. The number of aromatic amines is 1. The summed E-state index contributed by atoms with van der Waals surface area (Å²) in [5.74, 6) is 1.83. The number of halogens is 1. The number of ether oxygens (including phenoxy) is 2. The Morgan fingerprint density at radius 3 is 2.67 bits per heavy atom. The SMILES string of the molecule is COc1cccc(-c2noc(-c3cc(-c4cccc(Cl)c4)n[nH]3)n2)c1OC. The lowest BCUT2D eigenvalue weighted by Crippen LogP contribution is -1.94. The molecule has 0 atom stereocenters. The molecule has 0 saturated carbocycles. The topological polar surface area (TPSA) is 86.1 Å². The minimum atomic E-state index is 0.315. The van der Waals surface area contributed by atoms with Crippen molar-refractivity contribution in [3.05, 3.63) is 53.6 Å². The van der Waals surface area contributed by atoms with Gasteiger partial charge in [-0.2, -0.15) is 10.1 Å². The van der Waals surface area contributed by atoms with Crippen molar-refractivity contribution >= 4 is 11.6 Å². The van der Waals surface area contributed by atoms with Crippen LogP contribution in [0.3, 0.4) is 0 Å². The van der Waals surface area contributed by atoms with Crippen LogP contribution in [-0.4, -0.2) is 34.6 Å². The van der Waals surface area contributed by atoms with Crippen molar-refractivity contribution in [2.24, 2.45) is 0 Å². The van der Waals surface area contributed by atoms with Crippen molar-refractivity contribution in [2.45, 2.75) is 0 Å². The molecule has 8 heteroatoms. The number of hydrogen-bond acceptors (Lipinski definition) is 6. The molecule has 2 heterocycles. The molecule has 1 N–H and O–H groups in total. The van der Waals surface area contributed by atoms with Crippen LogP contribution < -0.4 is 9.47 Å². The predicted molar refractivity (Wildman–Crippen MR) is 101 cm³/mol. The Labute approximate surface area is 159 Å². The summed E-state index contributed by atoms with van der Waals surface area (Å²) in [6, 6.07) is 14.7. The van der Waals surface area contributed by atoms with Crippen LogP contribution in [0.25, 0.3) is 34.2 Å². The van der Waals surface area contributed by atoms with Gasteiger partial charge in [0.15, 0.2) is 11.5 Å². The third-order valence-electron chi connectivity index (χ3n) is 4.00. The van der Waals surface area contributed by atoms with Gasteiger partial charge in [0.25, 0.3) is 5.89 Å². The maximum absolute atomic E-state index is 6.04. The lowest BCUT2D eigenvalue weighted by Gasteiger charge is -2.09. The second kappa shape index (κ2) is 7.13. The highest BCUT2D eigenvalue weighted by Crippen LogP contribution is 2.37. The second-order valence-electron chi connectivity index (χ2n) is 5.64. The summed E-state index contributed by atoms with van der Waals surface area (Å²) < 4.78 is 16.1. The van der Waals surface area contributed by atoms with E-state index in [0.29, 0.717) is 39.5 Å². The number of aromatic nitrogens is 4. The molecule has 27 heavy (non-hydrogen) atoms. The molecule has 136 valence electrons. The summed E-state index contributed by atoms with van der Waals surface area (Å²) >= 11 is 6.04. The van der Waals surface area contributed by atoms with E-state index in [-0.39, 0.29) is 0 Å². The first-order valence-electron chi connectivity index (χ1n) is 8.06. The van der Waals surface area contributed by atoms with E-state index in [9.17, 15) is 0 Å². The van der Waals surface area contributed by atoms with Crippen LogP contribution >= 0.6 is 11.6 Å². The molecule has 0 aliphatic rings.